The first-order chi connectivity index (χ1) is 19.5. The van der Waals surface area contributed by atoms with Crippen LogP contribution in [0.2, 0.25) is 0 Å². The Kier molecular flexibility index (Phi) is 10.9. The third kappa shape index (κ3) is 8.10. The normalized spacial score (nSPS) is 12.7. The lowest BCUT2D eigenvalue weighted by molar-refractivity contribution is -0.140. The Morgan fingerprint density at radius 2 is 1.56 bits per heavy atom. The summed E-state index contributed by atoms with van der Waals surface area (Å²) in [6.07, 6.45) is 1.09. The van der Waals surface area contributed by atoms with Gasteiger partial charge in [-0.25, -0.2) is 8.42 Å². The third-order valence-corrected chi connectivity index (χ3v) is 8.77. The minimum atomic E-state index is -4.11. The summed E-state index contributed by atoms with van der Waals surface area (Å²) < 4.78 is 34.5. The van der Waals surface area contributed by atoms with Crippen molar-refractivity contribution >= 4 is 27.5 Å². The second-order valence-corrected chi connectivity index (χ2v) is 12.1. The van der Waals surface area contributed by atoms with Crippen LogP contribution in [0.25, 0.3) is 0 Å². The number of nitrogens with one attached hydrogen (secondary N) is 1. The Morgan fingerprint density at radius 3 is 2.15 bits per heavy atom. The molecule has 0 saturated heterocycles. The number of aryl methyl sites for hydroxylation is 2. The van der Waals surface area contributed by atoms with E-state index in [2.05, 4.69) is 5.32 Å². The Balaban J connectivity index is 2.09. The fourth-order valence-corrected chi connectivity index (χ4v) is 6.09. The fraction of sp³-hybridized carbons (Fsp3) is 0.375. The molecule has 1 N–H and O–H groups in total. The van der Waals surface area contributed by atoms with Gasteiger partial charge in [-0.2, -0.15) is 0 Å². The van der Waals surface area contributed by atoms with Crippen molar-refractivity contribution in [2.45, 2.75) is 71.0 Å². The number of benzene rings is 3. The lowest BCUT2D eigenvalue weighted by atomic mass is 10.1. The highest BCUT2D eigenvalue weighted by molar-refractivity contribution is 7.92. The molecule has 0 saturated carbocycles. The Labute approximate surface area is 244 Å². The molecule has 0 radical (unpaired) electrons. The van der Waals surface area contributed by atoms with Crippen LogP contribution in [0.3, 0.4) is 0 Å². The number of methoxy groups -OCH3 is 1. The minimum Gasteiger partial charge on any atom is -0.497 e. The van der Waals surface area contributed by atoms with Crippen molar-refractivity contribution < 1.29 is 22.7 Å². The molecule has 2 atom stereocenters. The highest BCUT2D eigenvalue weighted by Gasteiger charge is 2.34. The van der Waals surface area contributed by atoms with Crippen LogP contribution in [0.15, 0.2) is 77.7 Å². The molecule has 3 aromatic carbocycles. The van der Waals surface area contributed by atoms with E-state index < -0.39 is 28.5 Å². The summed E-state index contributed by atoms with van der Waals surface area (Å²) in [5, 5.41) is 2.99. The van der Waals surface area contributed by atoms with Gasteiger partial charge >= 0.3 is 0 Å². The predicted molar refractivity (Wildman–Crippen MR) is 162 cm³/mol. The number of hydrogen-bond acceptors (Lipinski definition) is 5. The molecule has 220 valence electrons. The van der Waals surface area contributed by atoms with Crippen LogP contribution in [0.5, 0.6) is 5.75 Å². The van der Waals surface area contributed by atoms with Crippen molar-refractivity contribution in [3.8, 4) is 5.75 Å². The van der Waals surface area contributed by atoms with E-state index in [4.69, 9.17) is 4.74 Å². The standard InChI is InChI=1S/C32H41N3O5S/c1-7-25(5)33-32(37)30(8-2)34(21-26-13-12-14-28(20-26)40-6)31(36)22-35(27-18-23(3)17-24(4)19-27)41(38,39)29-15-10-9-11-16-29/h9-20,25,30H,7-8,21-22H2,1-6H3,(H,33,37)/t25-,30-/m1/s1. The van der Waals surface area contributed by atoms with E-state index in [9.17, 15) is 18.0 Å². The number of rotatable bonds is 13. The van der Waals surface area contributed by atoms with Gasteiger partial charge in [-0.15, -0.1) is 0 Å². The van der Waals surface area contributed by atoms with Gasteiger partial charge in [-0.1, -0.05) is 50.2 Å². The Hall–Kier alpha value is -3.85. The first kappa shape index (κ1) is 31.7. The van der Waals surface area contributed by atoms with Gasteiger partial charge < -0.3 is 15.0 Å². The van der Waals surface area contributed by atoms with Gasteiger partial charge in [0, 0.05) is 12.6 Å². The summed E-state index contributed by atoms with van der Waals surface area (Å²) in [5.41, 5.74) is 2.89. The molecule has 0 aliphatic carbocycles. The monoisotopic (exact) mass is 579 g/mol. The first-order valence-corrected chi connectivity index (χ1v) is 15.3. The van der Waals surface area contributed by atoms with E-state index in [1.54, 1.807) is 43.5 Å². The summed E-state index contributed by atoms with van der Waals surface area (Å²) in [6.45, 7) is 9.12. The lowest BCUT2D eigenvalue weighted by Crippen LogP contribution is -2.53. The van der Waals surface area contributed by atoms with Crippen molar-refractivity contribution in [2.24, 2.45) is 0 Å². The number of anilines is 1. The highest BCUT2D eigenvalue weighted by atomic mass is 32.2. The maximum absolute atomic E-state index is 14.2. The van der Waals surface area contributed by atoms with E-state index in [0.717, 1.165) is 27.4 Å². The first-order valence-electron chi connectivity index (χ1n) is 13.9. The molecule has 8 nitrogen and oxygen atoms in total. The summed E-state index contributed by atoms with van der Waals surface area (Å²) in [4.78, 5) is 29.2. The number of hydrogen-bond donors (Lipinski definition) is 1. The average molecular weight is 580 g/mol. The fourth-order valence-electron chi connectivity index (χ4n) is 4.67. The topological polar surface area (TPSA) is 96.0 Å². The molecule has 3 rings (SSSR count). The van der Waals surface area contributed by atoms with Crippen LogP contribution in [-0.4, -0.2) is 50.9 Å². The molecule has 0 heterocycles. The lowest BCUT2D eigenvalue weighted by Gasteiger charge is -2.34. The number of carbonyl (C=O) groups is 2. The summed E-state index contributed by atoms with van der Waals surface area (Å²) >= 11 is 0. The molecule has 9 heteroatoms. The average Bonchev–Trinajstić information content (AvgIpc) is 2.95. The van der Waals surface area contributed by atoms with Gasteiger partial charge in [-0.05, 0) is 86.7 Å². The zero-order chi connectivity index (χ0) is 30.2. The number of carbonyl (C=O) groups excluding carboxylic acids is 2. The quantitative estimate of drug-likeness (QED) is 0.299. The molecule has 0 aliphatic rings. The van der Waals surface area contributed by atoms with Gasteiger partial charge in [0.2, 0.25) is 11.8 Å². The smallest absolute Gasteiger partial charge is 0.264 e. The maximum Gasteiger partial charge on any atom is 0.264 e. The van der Waals surface area contributed by atoms with Crippen LogP contribution in [0.4, 0.5) is 5.69 Å². The zero-order valence-corrected chi connectivity index (χ0v) is 25.6. The van der Waals surface area contributed by atoms with Crippen LogP contribution in [0, 0.1) is 13.8 Å². The van der Waals surface area contributed by atoms with Gasteiger partial charge in [0.25, 0.3) is 10.0 Å². The van der Waals surface area contributed by atoms with Crippen LogP contribution >= 0.6 is 0 Å². The molecule has 0 aromatic heterocycles. The number of amides is 2. The van der Waals surface area contributed by atoms with Crippen LogP contribution in [-0.2, 0) is 26.2 Å². The summed E-state index contributed by atoms with van der Waals surface area (Å²) in [6, 6.07) is 19.9. The van der Waals surface area contributed by atoms with Crippen molar-refractivity contribution in [2.75, 3.05) is 18.0 Å². The van der Waals surface area contributed by atoms with Gasteiger partial charge in [0.05, 0.1) is 17.7 Å². The van der Waals surface area contributed by atoms with Crippen molar-refractivity contribution in [3.63, 3.8) is 0 Å². The molecule has 0 fully saturated rings. The maximum atomic E-state index is 14.2. The van der Waals surface area contributed by atoms with E-state index in [1.165, 1.54) is 17.0 Å². The molecule has 2 amide bonds. The number of ether oxygens (including phenoxy) is 1. The van der Waals surface area contributed by atoms with Crippen molar-refractivity contribution in [1.82, 2.24) is 10.2 Å². The molecular weight excluding hydrogens is 538 g/mol. The molecule has 0 aliphatic heterocycles. The van der Waals surface area contributed by atoms with Crippen molar-refractivity contribution in [1.29, 1.82) is 0 Å². The van der Waals surface area contributed by atoms with Crippen molar-refractivity contribution in [3.05, 3.63) is 89.5 Å². The minimum absolute atomic E-state index is 0.0736. The predicted octanol–water partition coefficient (Wildman–Crippen LogP) is 5.23. The van der Waals surface area contributed by atoms with Crippen LogP contribution in [0.1, 0.15) is 50.3 Å². The van der Waals surface area contributed by atoms with E-state index in [0.29, 0.717) is 17.9 Å². The Bertz CT molecular complexity index is 1420. The molecule has 0 spiro atoms. The zero-order valence-electron chi connectivity index (χ0n) is 24.8. The van der Waals surface area contributed by atoms with E-state index in [-0.39, 0.29) is 23.4 Å². The molecule has 0 unspecified atom stereocenters. The van der Waals surface area contributed by atoms with E-state index >= 15 is 0 Å². The second-order valence-electron chi connectivity index (χ2n) is 10.3. The summed E-state index contributed by atoms with van der Waals surface area (Å²) in [7, 11) is -2.55. The SMILES string of the molecule is CC[C@@H](C)NC(=O)[C@@H](CC)N(Cc1cccc(OC)c1)C(=O)CN(c1cc(C)cc(C)c1)S(=O)(=O)c1ccccc1. The number of nitrogens with zero attached hydrogens (tertiary/aromatic N) is 2. The molecule has 0 bridgehead atoms. The van der Waals surface area contributed by atoms with Gasteiger partial charge in [0.1, 0.15) is 18.3 Å². The van der Waals surface area contributed by atoms with Gasteiger partial charge in [-0.3, -0.25) is 13.9 Å². The highest BCUT2D eigenvalue weighted by Crippen LogP contribution is 2.27. The Morgan fingerprint density at radius 1 is 0.902 bits per heavy atom. The molecule has 41 heavy (non-hydrogen) atoms. The largest absolute Gasteiger partial charge is 0.497 e. The third-order valence-electron chi connectivity index (χ3n) is 6.98. The molecular formula is C32H41N3O5S. The summed E-state index contributed by atoms with van der Waals surface area (Å²) in [5.74, 6) is -0.143. The van der Waals surface area contributed by atoms with E-state index in [1.807, 2.05) is 58.9 Å². The molecule has 3 aromatic rings. The number of sulfonamides is 1. The van der Waals surface area contributed by atoms with Gasteiger partial charge in [0.15, 0.2) is 0 Å². The van der Waals surface area contributed by atoms with Crippen LogP contribution < -0.4 is 14.4 Å². The second kappa shape index (κ2) is 14.2.